The van der Waals surface area contributed by atoms with Crippen LogP contribution in [0.15, 0.2) is 4.99 Å². The van der Waals surface area contributed by atoms with Crippen LogP contribution in [-0.4, -0.2) is 68.9 Å². The number of ether oxygens (including phenoxy) is 1. The molecule has 0 heterocycles. The van der Waals surface area contributed by atoms with E-state index in [2.05, 4.69) is 15.6 Å². The molecule has 0 atom stereocenters. The van der Waals surface area contributed by atoms with E-state index in [4.69, 9.17) is 4.74 Å². The minimum atomic E-state index is -4.42. The number of nitrogens with zero attached hydrogens (tertiary/aromatic N) is 2. The van der Waals surface area contributed by atoms with Crippen molar-refractivity contribution in [1.82, 2.24) is 15.5 Å². The van der Waals surface area contributed by atoms with Crippen molar-refractivity contribution in [3.8, 4) is 0 Å². The van der Waals surface area contributed by atoms with Crippen molar-refractivity contribution in [2.45, 2.75) is 32.5 Å². The molecule has 0 unspecified atom stereocenters. The summed E-state index contributed by atoms with van der Waals surface area (Å²) in [6, 6.07) is 0. The first-order valence-electron chi connectivity index (χ1n) is 6.89. The van der Waals surface area contributed by atoms with Gasteiger partial charge in [0.25, 0.3) is 0 Å². The van der Waals surface area contributed by atoms with Gasteiger partial charge in [0.15, 0.2) is 5.96 Å². The summed E-state index contributed by atoms with van der Waals surface area (Å²) in [6.07, 6.45) is -4.42. The third-order valence-electron chi connectivity index (χ3n) is 2.79. The zero-order valence-corrected chi connectivity index (χ0v) is 13.7. The number of hydrogen-bond acceptors (Lipinski definition) is 3. The van der Waals surface area contributed by atoms with Crippen LogP contribution in [0.25, 0.3) is 0 Å². The number of guanidine groups is 1. The van der Waals surface area contributed by atoms with Crippen molar-refractivity contribution >= 4 is 11.9 Å². The Bertz CT molecular complexity index is 384. The van der Waals surface area contributed by atoms with Crippen molar-refractivity contribution in [2.24, 2.45) is 4.99 Å². The summed E-state index contributed by atoms with van der Waals surface area (Å²) in [4.78, 5) is 16.2. The highest BCUT2D eigenvalue weighted by atomic mass is 19.4. The third-order valence-corrected chi connectivity index (χ3v) is 2.79. The molecule has 0 saturated heterocycles. The van der Waals surface area contributed by atoms with Gasteiger partial charge in [-0.3, -0.25) is 4.79 Å². The monoisotopic (exact) mass is 326 g/mol. The SMILES string of the molecule is CCNC(=NCC(=O)N(C)CC(F)(F)F)NCC(C)(C)OC. The maximum absolute atomic E-state index is 12.2. The van der Waals surface area contributed by atoms with Gasteiger partial charge in [-0.25, -0.2) is 4.99 Å². The molecule has 0 aliphatic rings. The van der Waals surface area contributed by atoms with E-state index in [9.17, 15) is 18.0 Å². The minimum Gasteiger partial charge on any atom is -0.377 e. The van der Waals surface area contributed by atoms with Crippen molar-refractivity contribution in [3.05, 3.63) is 0 Å². The molecule has 0 aromatic rings. The van der Waals surface area contributed by atoms with Crippen LogP contribution >= 0.6 is 0 Å². The molecule has 0 spiro atoms. The lowest BCUT2D eigenvalue weighted by Gasteiger charge is -2.24. The summed E-state index contributed by atoms with van der Waals surface area (Å²) in [5, 5.41) is 5.89. The number of hydrogen-bond donors (Lipinski definition) is 2. The smallest absolute Gasteiger partial charge is 0.377 e. The Morgan fingerprint density at radius 1 is 1.27 bits per heavy atom. The number of alkyl halides is 3. The van der Waals surface area contributed by atoms with Crippen LogP contribution < -0.4 is 10.6 Å². The van der Waals surface area contributed by atoms with Crippen molar-refractivity contribution in [1.29, 1.82) is 0 Å². The number of nitrogens with one attached hydrogen (secondary N) is 2. The zero-order valence-electron chi connectivity index (χ0n) is 13.7. The molecule has 0 rings (SSSR count). The Hall–Kier alpha value is -1.51. The van der Waals surface area contributed by atoms with E-state index >= 15 is 0 Å². The van der Waals surface area contributed by atoms with Gasteiger partial charge < -0.3 is 20.3 Å². The summed E-state index contributed by atoms with van der Waals surface area (Å²) in [6.45, 7) is 4.92. The van der Waals surface area contributed by atoms with Crippen LogP contribution in [0.2, 0.25) is 0 Å². The molecule has 1 amide bonds. The number of methoxy groups -OCH3 is 1. The van der Waals surface area contributed by atoms with Crippen molar-refractivity contribution < 1.29 is 22.7 Å². The van der Waals surface area contributed by atoms with Crippen LogP contribution in [0.3, 0.4) is 0 Å². The zero-order chi connectivity index (χ0) is 17.4. The highest BCUT2D eigenvalue weighted by Gasteiger charge is 2.31. The highest BCUT2D eigenvalue weighted by molar-refractivity contribution is 5.84. The number of amides is 1. The number of rotatable bonds is 7. The second-order valence-electron chi connectivity index (χ2n) is 5.38. The lowest BCUT2D eigenvalue weighted by Crippen LogP contribution is -2.46. The van der Waals surface area contributed by atoms with Gasteiger partial charge in [0.05, 0.1) is 5.60 Å². The van der Waals surface area contributed by atoms with Gasteiger partial charge in [0.1, 0.15) is 13.1 Å². The van der Waals surface area contributed by atoms with Gasteiger partial charge in [-0.15, -0.1) is 0 Å². The van der Waals surface area contributed by atoms with E-state index in [1.54, 1.807) is 7.11 Å². The fraction of sp³-hybridized carbons (Fsp3) is 0.846. The van der Waals surface area contributed by atoms with Crippen molar-refractivity contribution in [2.75, 3.05) is 40.3 Å². The fourth-order valence-electron chi connectivity index (χ4n) is 1.34. The summed E-state index contributed by atoms with van der Waals surface area (Å²) >= 11 is 0. The Morgan fingerprint density at radius 2 is 1.86 bits per heavy atom. The largest absolute Gasteiger partial charge is 0.406 e. The molecule has 0 aromatic heterocycles. The highest BCUT2D eigenvalue weighted by Crippen LogP contribution is 2.15. The van der Waals surface area contributed by atoms with E-state index in [0.29, 0.717) is 23.9 Å². The Morgan fingerprint density at radius 3 is 2.32 bits per heavy atom. The van der Waals surface area contributed by atoms with Gasteiger partial charge in [0.2, 0.25) is 5.91 Å². The lowest BCUT2D eigenvalue weighted by molar-refractivity contribution is -0.157. The Balaban J connectivity index is 4.57. The van der Waals surface area contributed by atoms with Crippen LogP contribution in [0.5, 0.6) is 0 Å². The fourth-order valence-corrected chi connectivity index (χ4v) is 1.34. The average Bonchev–Trinajstić information content (AvgIpc) is 2.39. The molecule has 9 heteroatoms. The maximum Gasteiger partial charge on any atom is 0.406 e. The van der Waals surface area contributed by atoms with Gasteiger partial charge in [-0.05, 0) is 20.8 Å². The summed E-state index contributed by atoms with van der Waals surface area (Å²) < 4.78 is 41.9. The molecule has 2 N–H and O–H groups in total. The molecule has 0 fully saturated rings. The molecule has 0 radical (unpaired) electrons. The minimum absolute atomic E-state index is 0.349. The first-order valence-corrected chi connectivity index (χ1v) is 6.89. The number of carbonyl (C=O) groups excluding carboxylic acids is 1. The van der Waals surface area contributed by atoms with Gasteiger partial charge in [-0.1, -0.05) is 0 Å². The molecule has 22 heavy (non-hydrogen) atoms. The predicted molar refractivity (Wildman–Crippen MR) is 78.8 cm³/mol. The normalized spacial score (nSPS) is 13.0. The molecule has 130 valence electrons. The molecule has 0 saturated carbocycles. The molecular weight excluding hydrogens is 301 g/mol. The second-order valence-corrected chi connectivity index (χ2v) is 5.38. The van der Waals surface area contributed by atoms with E-state index in [-0.39, 0.29) is 6.54 Å². The maximum atomic E-state index is 12.2. The van der Waals surface area contributed by atoms with E-state index in [1.165, 1.54) is 0 Å². The molecule has 0 aromatic carbocycles. The standard InChI is InChI=1S/C13H25F3N4O2/c1-6-17-11(19-8-12(2,3)22-5)18-7-10(21)20(4)9-13(14,15)16/h6-9H2,1-5H3,(H2,17,18,19). The summed E-state index contributed by atoms with van der Waals surface area (Å²) in [5.41, 5.74) is -0.437. The van der Waals surface area contributed by atoms with Gasteiger partial charge in [0, 0.05) is 27.2 Å². The topological polar surface area (TPSA) is 66.0 Å². The molecule has 6 nitrogen and oxygen atoms in total. The van der Waals surface area contributed by atoms with Gasteiger partial charge in [-0.2, -0.15) is 13.2 Å². The number of halogens is 3. The summed E-state index contributed by atoms with van der Waals surface area (Å²) in [7, 11) is 2.67. The Kier molecular flexibility index (Phi) is 8.21. The van der Waals surface area contributed by atoms with Crippen LogP contribution in [-0.2, 0) is 9.53 Å². The average molecular weight is 326 g/mol. The van der Waals surface area contributed by atoms with Crippen LogP contribution in [0.1, 0.15) is 20.8 Å². The second kappa shape index (κ2) is 8.82. The van der Waals surface area contributed by atoms with Crippen LogP contribution in [0.4, 0.5) is 13.2 Å². The molecular formula is C13H25F3N4O2. The summed E-state index contributed by atoms with van der Waals surface area (Å²) in [5.74, 6) is -0.359. The molecule has 0 aliphatic heterocycles. The van der Waals surface area contributed by atoms with Crippen LogP contribution in [0, 0.1) is 0 Å². The lowest BCUT2D eigenvalue weighted by atomic mass is 10.1. The van der Waals surface area contributed by atoms with E-state index in [1.807, 2.05) is 20.8 Å². The van der Waals surface area contributed by atoms with E-state index < -0.39 is 24.2 Å². The molecule has 0 aliphatic carbocycles. The first-order chi connectivity index (χ1) is 10.0. The first kappa shape index (κ1) is 20.5. The van der Waals surface area contributed by atoms with Gasteiger partial charge >= 0.3 is 6.18 Å². The quantitative estimate of drug-likeness (QED) is 0.541. The number of aliphatic imine (C=N–C) groups is 1. The van der Waals surface area contributed by atoms with Crippen molar-refractivity contribution in [3.63, 3.8) is 0 Å². The van der Waals surface area contributed by atoms with E-state index in [0.717, 1.165) is 7.05 Å². The Labute approximate surface area is 129 Å². The number of likely N-dealkylation sites (N-methyl/N-ethyl adjacent to an activating group) is 1. The predicted octanol–water partition coefficient (Wildman–Crippen LogP) is 0.987. The third kappa shape index (κ3) is 9.43. The number of carbonyl (C=O) groups is 1. The molecule has 0 bridgehead atoms.